The molecule has 0 amide bonds. The summed E-state index contributed by atoms with van der Waals surface area (Å²) >= 11 is 3.52. The molecule has 3 aromatic heterocycles. The molecule has 1 aliphatic carbocycles. The van der Waals surface area contributed by atoms with Crippen LogP contribution in [0.15, 0.2) is 526 Å². The molecule has 9 heteroatoms. The second-order valence-corrected chi connectivity index (χ2v) is 39.8. The first-order valence-electron chi connectivity index (χ1n) is 49.3. The van der Waals surface area contributed by atoms with Crippen molar-refractivity contribution in [3.8, 4) is 88.2 Å². The molecular weight excluding hydrogens is 1800 g/mol. The van der Waals surface area contributed by atoms with Gasteiger partial charge in [-0.3, -0.25) is 0 Å². The van der Waals surface area contributed by atoms with E-state index in [1.807, 2.05) is 36.4 Å². The molecule has 0 saturated carbocycles. The van der Waals surface area contributed by atoms with Gasteiger partial charge < -0.3 is 19.1 Å². The fraction of sp³-hybridized carbons (Fsp3) is 0.0221. The second kappa shape index (κ2) is 37.1. The maximum atomic E-state index is 6.41. The van der Waals surface area contributed by atoms with Gasteiger partial charge in [-0.15, -0.1) is 22.7 Å². The highest BCUT2D eigenvalue weighted by Crippen LogP contribution is 2.53. The molecule has 3 heterocycles. The van der Waals surface area contributed by atoms with Crippen LogP contribution >= 0.6 is 22.7 Å². The van der Waals surface area contributed by atoms with Crippen LogP contribution in [0, 0.1) is 0 Å². The van der Waals surface area contributed by atoms with Gasteiger partial charge in [0.25, 0.3) is 0 Å². The minimum atomic E-state index is -0.0927. The Bertz CT molecular complexity index is 9480. The molecule has 145 heavy (non-hydrogen) atoms. The van der Waals surface area contributed by atoms with Gasteiger partial charge in [0.2, 0.25) is 5.89 Å². The van der Waals surface area contributed by atoms with E-state index in [2.05, 4.69) is 514 Å². The summed E-state index contributed by atoms with van der Waals surface area (Å²) in [4.78, 5) is 22.3. The lowest BCUT2D eigenvalue weighted by Crippen LogP contribution is -2.16. The van der Waals surface area contributed by atoms with Crippen molar-refractivity contribution in [2.45, 2.75) is 19.3 Å². The first kappa shape index (κ1) is 87.0. The van der Waals surface area contributed by atoms with Crippen LogP contribution in [-0.4, -0.2) is 15.0 Å². The number of hydrogen-bond acceptors (Lipinski definition) is 9. The standard InChI is InChI=1S/C48H34N2S.C45H30N2S.C43H28N2O/c1-48(2)42-16-10-9-15-40(42)41-27-25-38(30-43(41)48)50(36-22-19-32(20-23-36)31-11-5-3-6-12-31)37-24-26-39-35(29-37)18-17-33-21-28-44-46(45(33)39)49-47(51-44)34-13-7-4-8-14-34;1-4-10-31(11-5-1)33-18-23-38(24-19-33)47(39-25-20-34(21-26-39)32-12-6-2-7-13-32)40-27-28-41-37(30-40)17-16-35-22-29-42-44(43(35)41)46-45(48-42)36-14-8-3-9-15-36;1-3-10-32(11-4-1)43-44-40-26-21-31-15-16-35-27-34(20-25-39(35)41(31)42(40)46-43)30-17-22-37(23-18-30)45(36-13-5-2-6-14-36)38-24-19-29-9-7-8-12-33(29)28-38/h3-30H,1-2H3;1-30H;1-28H. The van der Waals surface area contributed by atoms with Crippen molar-refractivity contribution in [3.63, 3.8) is 0 Å². The number of thiazole rings is 2. The predicted molar refractivity (Wildman–Crippen MR) is 615 cm³/mol. The highest BCUT2D eigenvalue weighted by atomic mass is 32.1. The van der Waals surface area contributed by atoms with Gasteiger partial charge in [-0.1, -0.05) is 390 Å². The van der Waals surface area contributed by atoms with Crippen LogP contribution in [-0.2, 0) is 5.41 Å². The third-order valence-electron chi connectivity index (χ3n) is 28.6. The van der Waals surface area contributed by atoms with Crippen LogP contribution in [0.1, 0.15) is 25.0 Å². The molecule has 0 saturated heterocycles. The summed E-state index contributed by atoms with van der Waals surface area (Å²) in [5.41, 5.74) is 32.1. The van der Waals surface area contributed by atoms with E-state index in [0.717, 1.165) is 116 Å². The van der Waals surface area contributed by atoms with Gasteiger partial charge in [0, 0.05) is 89.5 Å². The molecule has 7 nitrogen and oxygen atoms in total. The number of fused-ring (bicyclic) bond motifs is 19. The minimum absolute atomic E-state index is 0.0927. The van der Waals surface area contributed by atoms with Crippen molar-refractivity contribution >= 4 is 181 Å². The smallest absolute Gasteiger partial charge is 0.227 e. The summed E-state index contributed by atoms with van der Waals surface area (Å²) in [6.45, 7) is 4.70. The van der Waals surface area contributed by atoms with Gasteiger partial charge in [0.1, 0.15) is 15.5 Å². The normalized spacial score (nSPS) is 12.0. The van der Waals surface area contributed by atoms with Crippen LogP contribution in [0.3, 0.4) is 0 Å². The zero-order chi connectivity index (χ0) is 96.4. The minimum Gasteiger partial charge on any atom is -0.435 e. The van der Waals surface area contributed by atoms with Crippen molar-refractivity contribution in [1.29, 1.82) is 0 Å². The topological polar surface area (TPSA) is 61.5 Å². The van der Waals surface area contributed by atoms with Crippen LogP contribution in [0.2, 0.25) is 0 Å². The molecule has 0 spiro atoms. The molecule has 0 radical (unpaired) electrons. The van der Waals surface area contributed by atoms with E-state index in [0.29, 0.717) is 5.89 Å². The quantitative estimate of drug-likeness (QED) is 0.0893. The molecule has 1 aliphatic rings. The van der Waals surface area contributed by atoms with Crippen molar-refractivity contribution in [2.24, 2.45) is 0 Å². The Labute approximate surface area is 848 Å². The first-order chi connectivity index (χ1) is 71.6. The van der Waals surface area contributed by atoms with E-state index in [-0.39, 0.29) is 5.41 Å². The third-order valence-corrected chi connectivity index (χ3v) is 30.7. The molecule has 0 aliphatic heterocycles. The van der Waals surface area contributed by atoms with Crippen LogP contribution in [0.5, 0.6) is 0 Å². The average molecular weight is 1890 g/mol. The lowest BCUT2D eigenvalue weighted by atomic mass is 9.82. The van der Waals surface area contributed by atoms with Gasteiger partial charge in [-0.05, 0) is 272 Å². The lowest BCUT2D eigenvalue weighted by molar-refractivity contribution is 0.623. The summed E-state index contributed by atoms with van der Waals surface area (Å²) in [5, 5.41) is 18.8. The Morgan fingerprint density at radius 1 is 0.207 bits per heavy atom. The number of oxazole rings is 1. The highest BCUT2D eigenvalue weighted by molar-refractivity contribution is 7.22. The molecule has 27 aromatic rings. The molecule has 0 fully saturated rings. The zero-order valence-electron chi connectivity index (χ0n) is 79.6. The number of aromatic nitrogens is 3. The SMILES string of the molecule is CC1(C)c2ccccc2-c2ccc(N(c3ccc(-c4ccccc4)cc3)c3ccc4c(ccc5ccc6sc(-c7ccccc7)nc6c54)c3)cc21.c1ccc(-c2ccc(N(c3ccc(-c4ccccc4)cc3)c3ccc4c(ccc5ccc6sc(-c7ccccc7)nc6c54)c3)cc2)cc1.c1ccc(-c2nc3ccc4ccc5cc(-c6ccc(N(c7ccccc7)c7ccc8ccccc8c7)cc6)ccc5c4c3o2)cc1. The van der Waals surface area contributed by atoms with E-state index in [1.54, 1.807) is 22.7 Å². The molecule has 24 aromatic carbocycles. The van der Waals surface area contributed by atoms with E-state index < -0.39 is 0 Å². The monoisotopic (exact) mass is 1890 g/mol. The number of nitrogens with zero attached hydrogens (tertiary/aromatic N) is 6. The number of benzene rings is 24. The van der Waals surface area contributed by atoms with E-state index >= 15 is 0 Å². The van der Waals surface area contributed by atoms with Gasteiger partial charge >= 0.3 is 0 Å². The molecule has 28 rings (SSSR count). The fourth-order valence-corrected chi connectivity index (χ4v) is 23.3. The summed E-state index contributed by atoms with van der Waals surface area (Å²) in [6, 6.07) is 187. The largest absolute Gasteiger partial charge is 0.435 e. The maximum Gasteiger partial charge on any atom is 0.227 e. The van der Waals surface area contributed by atoms with Crippen LogP contribution < -0.4 is 14.7 Å². The molecular formula is C136H92N6OS2. The molecule has 0 atom stereocenters. The number of anilines is 9. The Morgan fingerprint density at radius 2 is 0.517 bits per heavy atom. The van der Waals surface area contributed by atoms with Crippen LogP contribution in [0.4, 0.5) is 51.2 Å². The van der Waals surface area contributed by atoms with E-state index in [4.69, 9.17) is 19.4 Å². The van der Waals surface area contributed by atoms with Crippen molar-refractivity contribution in [3.05, 3.63) is 533 Å². The fourth-order valence-electron chi connectivity index (χ4n) is 21.3. The van der Waals surface area contributed by atoms with Gasteiger partial charge in [0.05, 0.1) is 20.4 Å². The number of hydrogen-bond donors (Lipinski definition) is 0. The predicted octanol–water partition coefficient (Wildman–Crippen LogP) is 38.9. The Kier molecular flexibility index (Phi) is 22.3. The number of rotatable bonds is 16. The third kappa shape index (κ3) is 16.4. The summed E-state index contributed by atoms with van der Waals surface area (Å²) < 4.78 is 8.82. The second-order valence-electron chi connectivity index (χ2n) is 37.7. The van der Waals surface area contributed by atoms with Crippen molar-refractivity contribution in [2.75, 3.05) is 14.7 Å². The average Bonchev–Trinajstić information content (AvgIpc) is 1.58. The lowest BCUT2D eigenvalue weighted by Gasteiger charge is -2.28. The van der Waals surface area contributed by atoms with Gasteiger partial charge in [-0.25, -0.2) is 15.0 Å². The Hall–Kier alpha value is -18.3. The Balaban J connectivity index is 0.000000111. The van der Waals surface area contributed by atoms with Crippen molar-refractivity contribution < 1.29 is 4.42 Å². The van der Waals surface area contributed by atoms with Gasteiger partial charge in [-0.2, -0.15) is 0 Å². The van der Waals surface area contributed by atoms with E-state index in [1.165, 1.54) is 135 Å². The summed E-state index contributed by atoms with van der Waals surface area (Å²) in [5.74, 6) is 0.644. The molecule has 684 valence electrons. The zero-order valence-corrected chi connectivity index (χ0v) is 81.2. The highest BCUT2D eigenvalue weighted by Gasteiger charge is 2.36. The maximum absolute atomic E-state index is 6.41. The van der Waals surface area contributed by atoms with E-state index in [9.17, 15) is 0 Å². The molecule has 0 unspecified atom stereocenters. The summed E-state index contributed by atoms with van der Waals surface area (Å²) in [6.07, 6.45) is 0. The van der Waals surface area contributed by atoms with Crippen LogP contribution in [0.25, 0.3) is 195 Å². The first-order valence-corrected chi connectivity index (χ1v) is 50.9. The Morgan fingerprint density at radius 3 is 1.01 bits per heavy atom. The molecule has 0 bridgehead atoms. The number of para-hydroxylation sites is 1. The summed E-state index contributed by atoms with van der Waals surface area (Å²) in [7, 11) is 0. The molecule has 0 N–H and O–H groups in total. The van der Waals surface area contributed by atoms with Gasteiger partial charge in [0.15, 0.2) is 5.58 Å². The van der Waals surface area contributed by atoms with Crippen molar-refractivity contribution in [1.82, 2.24) is 15.0 Å².